The molecule has 0 aromatic heterocycles. The number of para-hydroxylation sites is 1. The van der Waals surface area contributed by atoms with E-state index >= 15 is 0 Å². The predicted molar refractivity (Wildman–Crippen MR) is 70.2 cm³/mol. The first-order valence-corrected chi connectivity index (χ1v) is 5.92. The number of benzene rings is 1. The van der Waals surface area contributed by atoms with E-state index in [0.29, 0.717) is 23.5 Å². The van der Waals surface area contributed by atoms with Crippen LogP contribution in [0.3, 0.4) is 0 Å². The molecule has 1 aromatic rings. The quantitative estimate of drug-likeness (QED) is 0.609. The van der Waals surface area contributed by atoms with E-state index in [2.05, 4.69) is 12.2 Å². The minimum Gasteiger partial charge on any atom is -0.462 e. The lowest BCUT2D eigenvalue weighted by molar-refractivity contribution is 0.0527. The Morgan fingerprint density at radius 1 is 1.47 bits per heavy atom. The fourth-order valence-corrected chi connectivity index (χ4v) is 1.46. The zero-order valence-corrected chi connectivity index (χ0v) is 10.6. The van der Waals surface area contributed by atoms with Crippen LogP contribution in [-0.4, -0.2) is 18.6 Å². The van der Waals surface area contributed by atoms with Crippen LogP contribution in [0.2, 0.25) is 0 Å². The van der Waals surface area contributed by atoms with Crippen LogP contribution in [0.4, 0.5) is 11.4 Å². The van der Waals surface area contributed by atoms with E-state index in [1.165, 1.54) is 0 Å². The molecule has 0 aliphatic rings. The summed E-state index contributed by atoms with van der Waals surface area (Å²) in [6.07, 6.45) is 0.955. The number of ether oxygens (including phenoxy) is 1. The first-order valence-electron chi connectivity index (χ1n) is 5.92. The lowest BCUT2D eigenvalue weighted by Gasteiger charge is -2.17. The zero-order valence-electron chi connectivity index (χ0n) is 10.6. The Labute approximate surface area is 102 Å². The highest BCUT2D eigenvalue weighted by Crippen LogP contribution is 2.25. The first kappa shape index (κ1) is 13.4. The summed E-state index contributed by atoms with van der Waals surface area (Å²) >= 11 is 0. The number of carbonyl (C=O) groups is 1. The molecule has 0 aliphatic carbocycles. The third kappa shape index (κ3) is 3.37. The molecule has 4 heteroatoms. The van der Waals surface area contributed by atoms with E-state index in [0.717, 1.165) is 6.42 Å². The molecule has 1 atom stereocenters. The number of hydrogen-bond acceptors (Lipinski definition) is 4. The molecule has 3 N–H and O–H groups in total. The minimum absolute atomic E-state index is 0.257. The second-order valence-electron chi connectivity index (χ2n) is 3.94. The number of nitrogen functional groups attached to an aromatic ring is 1. The van der Waals surface area contributed by atoms with Crippen LogP contribution in [0, 0.1) is 0 Å². The van der Waals surface area contributed by atoms with Crippen molar-refractivity contribution < 1.29 is 9.53 Å². The molecule has 1 aromatic carbocycles. The fourth-order valence-electron chi connectivity index (χ4n) is 1.46. The molecule has 0 fully saturated rings. The van der Waals surface area contributed by atoms with Gasteiger partial charge in [-0.3, -0.25) is 0 Å². The Morgan fingerprint density at radius 2 is 2.18 bits per heavy atom. The van der Waals surface area contributed by atoms with Crippen LogP contribution >= 0.6 is 0 Å². The van der Waals surface area contributed by atoms with Crippen LogP contribution in [0.25, 0.3) is 0 Å². The Bertz CT molecular complexity index is 391. The summed E-state index contributed by atoms with van der Waals surface area (Å²) in [4.78, 5) is 11.8. The highest BCUT2D eigenvalue weighted by molar-refractivity contribution is 5.98. The van der Waals surface area contributed by atoms with Gasteiger partial charge in [0.2, 0.25) is 0 Å². The second kappa shape index (κ2) is 6.13. The molecule has 0 amide bonds. The van der Waals surface area contributed by atoms with E-state index in [1.54, 1.807) is 25.1 Å². The summed E-state index contributed by atoms with van der Waals surface area (Å²) in [7, 11) is 0. The zero-order chi connectivity index (χ0) is 12.8. The number of hydrogen-bond donors (Lipinski definition) is 2. The van der Waals surface area contributed by atoms with E-state index in [-0.39, 0.29) is 12.0 Å². The Kier molecular flexibility index (Phi) is 4.82. The van der Waals surface area contributed by atoms with Crippen molar-refractivity contribution in [3.63, 3.8) is 0 Å². The topological polar surface area (TPSA) is 64.3 Å². The largest absolute Gasteiger partial charge is 0.462 e. The second-order valence-corrected chi connectivity index (χ2v) is 3.94. The molecule has 1 unspecified atom stereocenters. The molecular formula is C13H20N2O2. The molecular weight excluding hydrogens is 216 g/mol. The van der Waals surface area contributed by atoms with Crippen LogP contribution in [0.5, 0.6) is 0 Å². The van der Waals surface area contributed by atoms with Crippen LogP contribution in [-0.2, 0) is 4.74 Å². The Morgan fingerprint density at radius 3 is 2.76 bits per heavy atom. The smallest absolute Gasteiger partial charge is 0.340 e. The first-order chi connectivity index (χ1) is 8.10. The van der Waals surface area contributed by atoms with Gasteiger partial charge in [-0.1, -0.05) is 13.0 Å². The minimum atomic E-state index is -0.342. The summed E-state index contributed by atoms with van der Waals surface area (Å²) < 4.78 is 5.00. The average Bonchev–Trinajstić information content (AvgIpc) is 2.31. The number of anilines is 2. The van der Waals surface area contributed by atoms with Crippen molar-refractivity contribution in [1.29, 1.82) is 0 Å². The number of esters is 1. The molecule has 1 rings (SSSR count). The molecule has 0 radical (unpaired) electrons. The summed E-state index contributed by atoms with van der Waals surface area (Å²) in [6, 6.07) is 5.50. The molecule has 0 aliphatic heterocycles. The summed E-state index contributed by atoms with van der Waals surface area (Å²) in [6.45, 7) is 6.25. The van der Waals surface area contributed by atoms with Gasteiger partial charge in [-0.15, -0.1) is 0 Å². The summed E-state index contributed by atoms with van der Waals surface area (Å²) in [5.74, 6) is -0.342. The number of nitrogens with two attached hydrogens (primary N) is 1. The van der Waals surface area contributed by atoms with Crippen molar-refractivity contribution in [3.8, 4) is 0 Å². The molecule has 4 nitrogen and oxygen atoms in total. The van der Waals surface area contributed by atoms with E-state index in [4.69, 9.17) is 10.5 Å². The van der Waals surface area contributed by atoms with Crippen molar-refractivity contribution in [1.82, 2.24) is 0 Å². The number of carbonyl (C=O) groups excluding carboxylic acids is 1. The maximum Gasteiger partial charge on any atom is 0.340 e. The van der Waals surface area contributed by atoms with Crippen LogP contribution in [0.1, 0.15) is 37.6 Å². The van der Waals surface area contributed by atoms with Gasteiger partial charge >= 0.3 is 5.97 Å². The molecule has 0 saturated heterocycles. The van der Waals surface area contributed by atoms with E-state index < -0.39 is 0 Å². The van der Waals surface area contributed by atoms with Crippen molar-refractivity contribution >= 4 is 17.3 Å². The molecule has 94 valence electrons. The number of rotatable bonds is 5. The van der Waals surface area contributed by atoms with Crippen molar-refractivity contribution in [2.45, 2.75) is 33.2 Å². The molecule has 0 saturated carbocycles. The van der Waals surface area contributed by atoms with Gasteiger partial charge in [0.05, 0.1) is 23.5 Å². The molecule has 0 heterocycles. The molecule has 17 heavy (non-hydrogen) atoms. The third-order valence-corrected chi connectivity index (χ3v) is 2.60. The Balaban J connectivity index is 3.03. The SMILES string of the molecule is CCOC(=O)c1cccc(N)c1NC(C)CC. The van der Waals surface area contributed by atoms with E-state index in [9.17, 15) is 4.79 Å². The average molecular weight is 236 g/mol. The van der Waals surface area contributed by atoms with Gasteiger partial charge in [0, 0.05) is 6.04 Å². The van der Waals surface area contributed by atoms with Gasteiger partial charge in [0.1, 0.15) is 0 Å². The fraction of sp³-hybridized carbons (Fsp3) is 0.462. The Hall–Kier alpha value is -1.71. The van der Waals surface area contributed by atoms with Crippen molar-refractivity contribution in [2.24, 2.45) is 0 Å². The predicted octanol–water partition coefficient (Wildman–Crippen LogP) is 2.66. The van der Waals surface area contributed by atoms with Crippen molar-refractivity contribution in [2.75, 3.05) is 17.7 Å². The lowest BCUT2D eigenvalue weighted by atomic mass is 10.1. The lowest BCUT2D eigenvalue weighted by Crippen LogP contribution is -2.18. The highest BCUT2D eigenvalue weighted by Gasteiger charge is 2.15. The van der Waals surface area contributed by atoms with Gasteiger partial charge in [-0.05, 0) is 32.4 Å². The third-order valence-electron chi connectivity index (χ3n) is 2.60. The van der Waals surface area contributed by atoms with Gasteiger partial charge in [0.25, 0.3) is 0 Å². The van der Waals surface area contributed by atoms with Gasteiger partial charge in [-0.25, -0.2) is 4.79 Å². The molecule has 0 spiro atoms. The maximum atomic E-state index is 11.8. The van der Waals surface area contributed by atoms with E-state index in [1.807, 2.05) is 6.92 Å². The standard InChI is InChI=1S/C13H20N2O2/c1-4-9(3)15-12-10(13(16)17-5-2)7-6-8-11(12)14/h6-9,15H,4-5,14H2,1-3H3. The summed E-state index contributed by atoms with van der Waals surface area (Å²) in [5.41, 5.74) is 7.61. The van der Waals surface area contributed by atoms with Crippen LogP contribution < -0.4 is 11.1 Å². The van der Waals surface area contributed by atoms with Gasteiger partial charge in [-0.2, -0.15) is 0 Å². The molecule has 0 bridgehead atoms. The maximum absolute atomic E-state index is 11.8. The summed E-state index contributed by atoms with van der Waals surface area (Å²) in [5, 5.41) is 3.24. The van der Waals surface area contributed by atoms with Gasteiger partial charge in [0.15, 0.2) is 0 Å². The van der Waals surface area contributed by atoms with Crippen molar-refractivity contribution in [3.05, 3.63) is 23.8 Å². The highest BCUT2D eigenvalue weighted by atomic mass is 16.5. The number of nitrogens with one attached hydrogen (secondary N) is 1. The van der Waals surface area contributed by atoms with Crippen LogP contribution in [0.15, 0.2) is 18.2 Å². The monoisotopic (exact) mass is 236 g/mol. The van der Waals surface area contributed by atoms with Gasteiger partial charge < -0.3 is 15.8 Å². The normalized spacial score (nSPS) is 11.9.